The first kappa shape index (κ1) is 19.2. The largest absolute Gasteiger partial charge is 0.491 e. The number of aryl methyl sites for hydroxylation is 3. The van der Waals surface area contributed by atoms with Crippen molar-refractivity contribution in [1.82, 2.24) is 4.90 Å². The van der Waals surface area contributed by atoms with Crippen LogP contribution in [0.2, 0.25) is 5.02 Å². The first-order valence-electron chi connectivity index (χ1n) is 9.24. The molecule has 3 rings (SSSR count). The molecule has 1 N–H and O–H groups in total. The Balaban J connectivity index is 1.61. The van der Waals surface area contributed by atoms with Gasteiger partial charge in [-0.15, -0.1) is 0 Å². The van der Waals surface area contributed by atoms with Crippen LogP contribution in [0.5, 0.6) is 5.75 Å². The van der Waals surface area contributed by atoms with Crippen molar-refractivity contribution in [2.24, 2.45) is 0 Å². The molecule has 1 aliphatic rings. The average Bonchev–Trinajstić information content (AvgIpc) is 2.60. The number of hydrogen-bond donors (Lipinski definition) is 1. The highest BCUT2D eigenvalue weighted by molar-refractivity contribution is 6.32. The molecule has 140 valence electrons. The molecule has 1 aliphatic heterocycles. The minimum atomic E-state index is -0.815. The molecule has 2 aromatic rings. The number of hydrogen-bond acceptors (Lipinski definition) is 3. The molecule has 0 amide bonds. The summed E-state index contributed by atoms with van der Waals surface area (Å²) in [4.78, 5) is 2.32. The van der Waals surface area contributed by atoms with Crippen molar-refractivity contribution in [2.45, 2.75) is 45.8 Å². The second kappa shape index (κ2) is 7.99. The molecule has 0 spiro atoms. The molecule has 1 saturated heterocycles. The van der Waals surface area contributed by atoms with E-state index in [4.69, 9.17) is 16.3 Å². The van der Waals surface area contributed by atoms with E-state index in [1.165, 1.54) is 11.1 Å². The van der Waals surface area contributed by atoms with Gasteiger partial charge in [-0.3, -0.25) is 4.90 Å². The van der Waals surface area contributed by atoms with E-state index in [1.807, 2.05) is 26.0 Å². The second-order valence-corrected chi connectivity index (χ2v) is 8.06. The molecule has 1 atom stereocenters. The Morgan fingerprint density at radius 1 is 1.12 bits per heavy atom. The van der Waals surface area contributed by atoms with E-state index in [0.717, 1.165) is 47.8 Å². The van der Waals surface area contributed by atoms with Gasteiger partial charge in [0.15, 0.2) is 0 Å². The van der Waals surface area contributed by atoms with Crippen molar-refractivity contribution in [1.29, 1.82) is 0 Å². The fourth-order valence-electron chi connectivity index (χ4n) is 3.62. The molecular weight excluding hydrogens is 346 g/mol. The third-order valence-corrected chi connectivity index (χ3v) is 5.67. The normalized spacial score (nSPS) is 21.0. The average molecular weight is 374 g/mol. The van der Waals surface area contributed by atoms with E-state index < -0.39 is 5.60 Å². The number of likely N-dealkylation sites (tertiary alicyclic amines) is 1. The second-order valence-electron chi connectivity index (χ2n) is 7.68. The summed E-state index contributed by atoms with van der Waals surface area (Å²) in [5.41, 5.74) is 3.73. The Labute approximate surface area is 161 Å². The summed E-state index contributed by atoms with van der Waals surface area (Å²) in [6.07, 6.45) is 1.74. The summed E-state index contributed by atoms with van der Waals surface area (Å²) in [6.45, 7) is 8.85. The van der Waals surface area contributed by atoms with Gasteiger partial charge in [-0.2, -0.15) is 0 Å². The lowest BCUT2D eigenvalue weighted by Crippen LogP contribution is -2.51. The summed E-state index contributed by atoms with van der Waals surface area (Å²) < 4.78 is 5.94. The summed E-state index contributed by atoms with van der Waals surface area (Å²) in [6, 6.07) is 12.5. The first-order chi connectivity index (χ1) is 12.3. The van der Waals surface area contributed by atoms with Gasteiger partial charge in [-0.25, -0.2) is 0 Å². The molecule has 4 heteroatoms. The quantitative estimate of drug-likeness (QED) is 0.826. The third-order valence-electron chi connectivity index (χ3n) is 5.08. The van der Waals surface area contributed by atoms with E-state index >= 15 is 0 Å². The van der Waals surface area contributed by atoms with E-state index in [-0.39, 0.29) is 0 Å². The maximum absolute atomic E-state index is 11.0. The fraction of sp³-hybridized carbons (Fsp3) is 0.455. The molecule has 0 aromatic heterocycles. The van der Waals surface area contributed by atoms with Crippen molar-refractivity contribution in [3.05, 3.63) is 63.7 Å². The van der Waals surface area contributed by atoms with Gasteiger partial charge in [0.05, 0.1) is 0 Å². The molecule has 2 aromatic carbocycles. The summed E-state index contributed by atoms with van der Waals surface area (Å²) >= 11 is 6.22. The molecule has 26 heavy (non-hydrogen) atoms. The highest BCUT2D eigenvalue weighted by Gasteiger charge is 2.34. The number of piperidine rings is 1. The van der Waals surface area contributed by atoms with Gasteiger partial charge < -0.3 is 9.84 Å². The summed E-state index contributed by atoms with van der Waals surface area (Å²) in [5, 5.41) is 11.8. The van der Waals surface area contributed by atoms with Crippen LogP contribution >= 0.6 is 11.6 Å². The number of rotatable bonds is 5. The maximum atomic E-state index is 11.0. The molecule has 0 saturated carbocycles. The van der Waals surface area contributed by atoms with Crippen LogP contribution in [0.4, 0.5) is 0 Å². The van der Waals surface area contributed by atoms with Gasteiger partial charge in [0.2, 0.25) is 0 Å². The number of β-amino-alcohol motifs (C(OH)–C–C–N with tert-alkyl or cyclic N) is 1. The lowest BCUT2D eigenvalue weighted by Gasteiger charge is -2.39. The van der Waals surface area contributed by atoms with Crippen LogP contribution in [0.3, 0.4) is 0 Å². The van der Waals surface area contributed by atoms with Crippen LogP contribution < -0.4 is 4.74 Å². The van der Waals surface area contributed by atoms with Gasteiger partial charge in [-0.05, 0) is 69.0 Å². The maximum Gasteiger partial charge on any atom is 0.120 e. The molecule has 1 unspecified atom stereocenters. The lowest BCUT2D eigenvalue weighted by atomic mass is 9.93. The number of ether oxygens (including phenoxy) is 1. The van der Waals surface area contributed by atoms with Gasteiger partial charge in [0.25, 0.3) is 0 Å². The molecule has 1 fully saturated rings. The standard InChI is InChI=1S/C22H28ClNO2/c1-16-5-7-19(8-6-16)13-24-10-4-9-22(25,14-24)15-26-20-11-17(2)21(23)18(3)12-20/h5-8,11-12,25H,4,9-10,13-15H2,1-3H3. The summed E-state index contributed by atoms with van der Waals surface area (Å²) in [7, 11) is 0. The van der Waals surface area contributed by atoms with E-state index in [0.29, 0.717) is 13.2 Å². The number of nitrogens with zero attached hydrogens (tertiary/aromatic N) is 1. The highest BCUT2D eigenvalue weighted by Crippen LogP contribution is 2.28. The smallest absolute Gasteiger partial charge is 0.120 e. The van der Waals surface area contributed by atoms with Gasteiger partial charge in [0, 0.05) is 18.1 Å². The Morgan fingerprint density at radius 2 is 1.77 bits per heavy atom. The SMILES string of the molecule is Cc1ccc(CN2CCCC(O)(COc3cc(C)c(Cl)c(C)c3)C2)cc1. The predicted octanol–water partition coefficient (Wildman–Crippen LogP) is 4.67. The fourth-order valence-corrected chi connectivity index (χ4v) is 3.73. The van der Waals surface area contributed by atoms with Crippen molar-refractivity contribution in [2.75, 3.05) is 19.7 Å². The Morgan fingerprint density at radius 3 is 2.42 bits per heavy atom. The van der Waals surface area contributed by atoms with E-state index in [2.05, 4.69) is 36.1 Å². The Kier molecular flexibility index (Phi) is 5.91. The van der Waals surface area contributed by atoms with Crippen LogP contribution in [0.1, 0.15) is 35.1 Å². The monoisotopic (exact) mass is 373 g/mol. The summed E-state index contributed by atoms with van der Waals surface area (Å²) in [5.74, 6) is 0.772. The topological polar surface area (TPSA) is 32.7 Å². The Hall–Kier alpha value is -1.55. The highest BCUT2D eigenvalue weighted by atomic mass is 35.5. The molecule has 0 aliphatic carbocycles. The van der Waals surface area contributed by atoms with Crippen LogP contribution in [-0.2, 0) is 6.54 Å². The zero-order valence-corrected chi connectivity index (χ0v) is 16.6. The molecular formula is C22H28ClNO2. The number of aliphatic hydroxyl groups is 1. The minimum absolute atomic E-state index is 0.303. The van der Waals surface area contributed by atoms with Crippen molar-refractivity contribution in [3.63, 3.8) is 0 Å². The zero-order valence-electron chi connectivity index (χ0n) is 15.9. The lowest BCUT2D eigenvalue weighted by molar-refractivity contribution is -0.0621. The van der Waals surface area contributed by atoms with Crippen molar-refractivity contribution < 1.29 is 9.84 Å². The van der Waals surface area contributed by atoms with E-state index in [1.54, 1.807) is 0 Å². The van der Waals surface area contributed by atoms with E-state index in [9.17, 15) is 5.11 Å². The minimum Gasteiger partial charge on any atom is -0.491 e. The van der Waals surface area contributed by atoms with Gasteiger partial charge in [-0.1, -0.05) is 41.4 Å². The van der Waals surface area contributed by atoms with Crippen molar-refractivity contribution >= 4 is 11.6 Å². The number of benzene rings is 2. The van der Waals surface area contributed by atoms with Gasteiger partial charge >= 0.3 is 0 Å². The molecule has 3 nitrogen and oxygen atoms in total. The van der Waals surface area contributed by atoms with Crippen LogP contribution in [0.15, 0.2) is 36.4 Å². The van der Waals surface area contributed by atoms with Crippen molar-refractivity contribution in [3.8, 4) is 5.75 Å². The van der Waals surface area contributed by atoms with Crippen LogP contribution in [0, 0.1) is 20.8 Å². The predicted molar refractivity (Wildman–Crippen MR) is 107 cm³/mol. The number of halogens is 1. The third kappa shape index (κ3) is 4.79. The zero-order chi connectivity index (χ0) is 18.7. The van der Waals surface area contributed by atoms with Crippen LogP contribution in [0.25, 0.3) is 0 Å². The van der Waals surface area contributed by atoms with Crippen LogP contribution in [-0.4, -0.2) is 35.3 Å². The Bertz CT molecular complexity index is 736. The molecule has 0 bridgehead atoms. The molecule has 1 heterocycles. The first-order valence-corrected chi connectivity index (χ1v) is 9.62. The molecule has 0 radical (unpaired) electrons. The van der Waals surface area contributed by atoms with Gasteiger partial charge in [0.1, 0.15) is 18.0 Å².